The molecule has 6 nitrogen and oxygen atoms in total. The highest BCUT2D eigenvalue weighted by atomic mass is 32.2. The van der Waals surface area contributed by atoms with Crippen molar-refractivity contribution >= 4 is 16.0 Å². The minimum atomic E-state index is -3.54. The summed E-state index contributed by atoms with van der Waals surface area (Å²) < 4.78 is 34.5. The Morgan fingerprint density at radius 1 is 1.32 bits per heavy atom. The predicted octanol–water partition coefficient (Wildman–Crippen LogP) is 2.19. The number of hydrogen-bond acceptors (Lipinski definition) is 4. The van der Waals surface area contributed by atoms with Crippen LogP contribution in [0.4, 0.5) is 5.82 Å². The van der Waals surface area contributed by atoms with E-state index in [-0.39, 0.29) is 6.10 Å². The van der Waals surface area contributed by atoms with E-state index in [9.17, 15) is 8.42 Å². The second-order valence-electron chi connectivity index (χ2n) is 5.44. The molecule has 1 N–H and O–H groups in total. The average molecular weight is 327 g/mol. The molecule has 7 heteroatoms. The lowest BCUT2D eigenvalue weighted by molar-refractivity contribution is 0.0217. The molecule has 124 valence electrons. The molecule has 0 aliphatic carbocycles. The number of hydrogen-bond donors (Lipinski definition) is 1. The van der Waals surface area contributed by atoms with Gasteiger partial charge in [0.25, 0.3) is 0 Å². The number of aromatic nitrogens is 1. The van der Waals surface area contributed by atoms with E-state index in [2.05, 4.69) is 16.6 Å². The summed E-state index contributed by atoms with van der Waals surface area (Å²) in [4.78, 5) is 4.29. The Morgan fingerprint density at radius 3 is 2.68 bits per heavy atom. The van der Waals surface area contributed by atoms with Crippen LogP contribution in [0, 0.1) is 0 Å². The van der Waals surface area contributed by atoms with E-state index < -0.39 is 10.2 Å². The number of pyridine rings is 1. The molecule has 22 heavy (non-hydrogen) atoms. The topological polar surface area (TPSA) is 71.5 Å². The maximum Gasteiger partial charge on any atom is 0.302 e. The first-order chi connectivity index (χ1) is 10.5. The van der Waals surface area contributed by atoms with Crippen molar-refractivity contribution in [2.75, 3.05) is 24.4 Å². The molecule has 1 fully saturated rings. The predicted molar refractivity (Wildman–Crippen MR) is 87.0 cm³/mol. The van der Waals surface area contributed by atoms with Gasteiger partial charge in [-0.1, -0.05) is 19.9 Å². The van der Waals surface area contributed by atoms with Gasteiger partial charge < -0.3 is 4.74 Å². The van der Waals surface area contributed by atoms with Crippen molar-refractivity contribution in [2.24, 2.45) is 0 Å². The minimum Gasteiger partial charge on any atom is -0.378 e. The van der Waals surface area contributed by atoms with Crippen LogP contribution in [-0.4, -0.2) is 43.5 Å². The number of piperidine rings is 1. The van der Waals surface area contributed by atoms with Crippen LogP contribution >= 0.6 is 0 Å². The minimum absolute atomic E-state index is 0.174. The fourth-order valence-corrected chi connectivity index (χ4v) is 3.65. The van der Waals surface area contributed by atoms with Gasteiger partial charge in [0.2, 0.25) is 0 Å². The van der Waals surface area contributed by atoms with E-state index in [1.54, 1.807) is 6.07 Å². The molecular weight excluding hydrogens is 302 g/mol. The highest BCUT2D eigenvalue weighted by Crippen LogP contribution is 2.18. The fraction of sp³-hybridized carbons (Fsp3) is 0.667. The van der Waals surface area contributed by atoms with Crippen molar-refractivity contribution < 1.29 is 13.2 Å². The standard InChI is InChI=1S/C15H25N3O3S/c1-3-12-21-14-8-10-18(11-9-14)22(19,20)17-15-7-5-6-13(4-2)16-15/h5-7,14H,3-4,8-12H2,1-2H3,(H,16,17). The van der Waals surface area contributed by atoms with E-state index in [4.69, 9.17) is 4.74 Å². The van der Waals surface area contributed by atoms with Crippen molar-refractivity contribution in [3.63, 3.8) is 0 Å². The first-order valence-electron chi connectivity index (χ1n) is 7.90. The van der Waals surface area contributed by atoms with Gasteiger partial charge in [0, 0.05) is 25.4 Å². The molecule has 0 bridgehead atoms. The summed E-state index contributed by atoms with van der Waals surface area (Å²) in [6.07, 6.45) is 3.41. The monoisotopic (exact) mass is 327 g/mol. The number of rotatable bonds is 7. The molecular formula is C15H25N3O3S. The molecule has 1 aromatic rings. The molecule has 2 heterocycles. The van der Waals surface area contributed by atoms with Gasteiger partial charge in [-0.3, -0.25) is 4.72 Å². The second-order valence-corrected chi connectivity index (χ2v) is 7.11. The smallest absolute Gasteiger partial charge is 0.302 e. The number of nitrogens with zero attached hydrogens (tertiary/aromatic N) is 2. The third kappa shape index (κ3) is 4.66. The van der Waals surface area contributed by atoms with Gasteiger partial charge in [0.05, 0.1) is 6.10 Å². The lowest BCUT2D eigenvalue weighted by atomic mass is 10.1. The second kappa shape index (κ2) is 7.89. The van der Waals surface area contributed by atoms with Gasteiger partial charge in [-0.25, -0.2) is 4.98 Å². The van der Waals surface area contributed by atoms with E-state index >= 15 is 0 Å². The van der Waals surface area contributed by atoms with Crippen molar-refractivity contribution in [2.45, 2.75) is 45.6 Å². The molecule has 0 amide bonds. The summed E-state index contributed by atoms with van der Waals surface area (Å²) in [5, 5.41) is 0. The number of nitrogens with one attached hydrogen (secondary N) is 1. The number of anilines is 1. The molecule has 0 radical (unpaired) electrons. The maximum atomic E-state index is 12.4. The van der Waals surface area contributed by atoms with Crippen molar-refractivity contribution in [1.29, 1.82) is 0 Å². The van der Waals surface area contributed by atoms with Crippen LogP contribution in [0.3, 0.4) is 0 Å². The molecule has 1 aromatic heterocycles. The summed E-state index contributed by atoms with van der Waals surface area (Å²) in [6.45, 7) is 5.76. The molecule has 0 unspecified atom stereocenters. The Morgan fingerprint density at radius 2 is 2.05 bits per heavy atom. The zero-order valence-electron chi connectivity index (χ0n) is 13.3. The summed E-state index contributed by atoms with van der Waals surface area (Å²) in [6, 6.07) is 5.37. The Hall–Kier alpha value is -1.18. The Labute approximate surface area is 133 Å². The lowest BCUT2D eigenvalue weighted by Crippen LogP contribution is -2.43. The van der Waals surface area contributed by atoms with Gasteiger partial charge >= 0.3 is 10.2 Å². The van der Waals surface area contributed by atoms with Crippen LogP contribution in [0.1, 0.15) is 38.8 Å². The van der Waals surface area contributed by atoms with Gasteiger partial charge in [0.1, 0.15) is 5.82 Å². The molecule has 1 aliphatic heterocycles. The zero-order chi connectivity index (χ0) is 16.0. The lowest BCUT2D eigenvalue weighted by Gasteiger charge is -2.31. The van der Waals surface area contributed by atoms with Crippen molar-refractivity contribution in [1.82, 2.24) is 9.29 Å². The number of aryl methyl sites for hydroxylation is 1. The number of ether oxygens (including phenoxy) is 1. The van der Waals surface area contributed by atoms with E-state index in [0.717, 1.165) is 38.0 Å². The highest BCUT2D eigenvalue weighted by Gasteiger charge is 2.28. The molecule has 1 aliphatic rings. The summed E-state index contributed by atoms with van der Waals surface area (Å²) in [7, 11) is -3.54. The van der Waals surface area contributed by atoms with Crippen LogP contribution in [0.5, 0.6) is 0 Å². The molecule has 0 saturated carbocycles. The summed E-state index contributed by atoms with van der Waals surface area (Å²) in [5.74, 6) is 0.378. The average Bonchev–Trinajstić information content (AvgIpc) is 2.53. The molecule has 2 rings (SSSR count). The molecule has 1 saturated heterocycles. The molecule has 0 atom stereocenters. The van der Waals surface area contributed by atoms with Gasteiger partial charge in [0.15, 0.2) is 0 Å². The highest BCUT2D eigenvalue weighted by molar-refractivity contribution is 7.90. The summed E-state index contributed by atoms with van der Waals surface area (Å²) in [5.41, 5.74) is 0.867. The quantitative estimate of drug-likeness (QED) is 0.833. The SMILES string of the molecule is CCCOC1CCN(S(=O)(=O)Nc2cccc(CC)n2)CC1. The molecule has 0 spiro atoms. The fourth-order valence-electron chi connectivity index (χ4n) is 2.45. The maximum absolute atomic E-state index is 12.4. The zero-order valence-corrected chi connectivity index (χ0v) is 14.1. The van der Waals surface area contributed by atoms with Gasteiger partial charge in [-0.05, 0) is 37.8 Å². The van der Waals surface area contributed by atoms with Crippen LogP contribution < -0.4 is 4.72 Å². The normalized spacial score (nSPS) is 17.5. The Kier molecular flexibility index (Phi) is 6.16. The Balaban J connectivity index is 1.93. The molecule has 0 aromatic carbocycles. The van der Waals surface area contributed by atoms with E-state index in [1.165, 1.54) is 4.31 Å². The van der Waals surface area contributed by atoms with Crippen molar-refractivity contribution in [3.8, 4) is 0 Å². The third-order valence-corrected chi connectivity index (χ3v) is 5.21. The van der Waals surface area contributed by atoms with E-state index in [1.807, 2.05) is 19.1 Å². The largest absolute Gasteiger partial charge is 0.378 e. The summed E-state index contributed by atoms with van der Waals surface area (Å²) >= 11 is 0. The Bertz CT molecular complexity index is 569. The van der Waals surface area contributed by atoms with Crippen LogP contribution in [0.25, 0.3) is 0 Å². The first kappa shape index (κ1) is 17.2. The first-order valence-corrected chi connectivity index (χ1v) is 9.34. The van der Waals surface area contributed by atoms with Crippen LogP contribution in [0.15, 0.2) is 18.2 Å². The van der Waals surface area contributed by atoms with Crippen LogP contribution in [-0.2, 0) is 21.4 Å². The van der Waals surface area contributed by atoms with Crippen molar-refractivity contribution in [3.05, 3.63) is 23.9 Å². The van der Waals surface area contributed by atoms with Crippen LogP contribution in [0.2, 0.25) is 0 Å². The van der Waals surface area contributed by atoms with Gasteiger partial charge in [-0.15, -0.1) is 0 Å². The third-order valence-electron chi connectivity index (χ3n) is 3.70. The van der Waals surface area contributed by atoms with E-state index in [0.29, 0.717) is 18.9 Å². The van der Waals surface area contributed by atoms with Gasteiger partial charge in [-0.2, -0.15) is 12.7 Å².